The lowest BCUT2D eigenvalue weighted by molar-refractivity contribution is -0.225. The number of carbonyl (C=O) groups excluding carboxylic acids is 1. The Morgan fingerprint density at radius 1 is 1.12 bits per heavy atom. The van der Waals surface area contributed by atoms with Crippen LogP contribution in [-0.2, 0) is 32.8 Å². The van der Waals surface area contributed by atoms with Crippen molar-refractivity contribution >= 4 is 19.8 Å². The molecule has 0 fully saturated rings. The molecule has 0 saturated heterocycles. The summed E-state index contributed by atoms with van der Waals surface area (Å²) in [6.07, 6.45) is -0.802. The molecule has 0 rings (SSSR count). The highest BCUT2D eigenvalue weighted by Gasteiger charge is 2.29. The summed E-state index contributed by atoms with van der Waals surface area (Å²) < 4.78 is 25.2. The largest absolute Gasteiger partial charge is 0.511 e. The first-order valence-corrected chi connectivity index (χ1v) is 6.39. The van der Waals surface area contributed by atoms with E-state index >= 15 is 0 Å². The Labute approximate surface area is 98.3 Å². The maximum absolute atomic E-state index is 11.6. The summed E-state index contributed by atoms with van der Waals surface area (Å²) in [6.45, 7) is 3.20. The van der Waals surface area contributed by atoms with Crippen LogP contribution in [0, 0.1) is 0 Å². The van der Waals surface area contributed by atoms with Crippen LogP contribution < -0.4 is 0 Å². The van der Waals surface area contributed by atoms with Gasteiger partial charge in [0.15, 0.2) is 0 Å². The van der Waals surface area contributed by atoms with Crippen LogP contribution in [0.5, 0.6) is 0 Å². The normalized spacial score (nSPS) is 11.2. The average Bonchev–Trinajstić information content (AvgIpc) is 2.24. The Morgan fingerprint density at radius 2 is 1.65 bits per heavy atom. The van der Waals surface area contributed by atoms with Gasteiger partial charge in [0.05, 0.1) is 26.1 Å². The minimum absolute atomic E-state index is 0.0456. The molecule has 0 aliphatic heterocycles. The van der Waals surface area contributed by atoms with Gasteiger partial charge in [0.25, 0.3) is 0 Å². The van der Waals surface area contributed by atoms with Gasteiger partial charge in [0, 0.05) is 0 Å². The van der Waals surface area contributed by atoms with Crippen LogP contribution in [0.25, 0.3) is 0 Å². The van der Waals surface area contributed by atoms with Crippen molar-refractivity contribution in [1.29, 1.82) is 0 Å². The molecule has 9 heteroatoms. The van der Waals surface area contributed by atoms with E-state index in [1.807, 2.05) is 0 Å². The first-order chi connectivity index (χ1) is 7.93. The first-order valence-electron chi connectivity index (χ1n) is 4.93. The molecular weight excluding hydrogens is 255 g/mol. The van der Waals surface area contributed by atoms with Gasteiger partial charge in [-0.1, -0.05) is 4.67 Å². The quantitative estimate of drug-likeness (QED) is 0.381. The topological polar surface area (TPSA) is 108 Å². The van der Waals surface area contributed by atoms with Crippen molar-refractivity contribution in [2.45, 2.75) is 26.7 Å². The molecule has 0 saturated carbocycles. The van der Waals surface area contributed by atoms with Crippen LogP contribution >= 0.6 is 7.82 Å². The van der Waals surface area contributed by atoms with E-state index in [9.17, 15) is 14.2 Å². The van der Waals surface area contributed by atoms with Crippen LogP contribution in [0.4, 0.5) is 0 Å². The van der Waals surface area contributed by atoms with Crippen molar-refractivity contribution in [2.75, 3.05) is 13.2 Å². The van der Waals surface area contributed by atoms with Gasteiger partial charge in [-0.05, 0) is 13.8 Å². The molecule has 0 spiro atoms. The maximum atomic E-state index is 11.6. The highest BCUT2D eigenvalue weighted by atomic mass is 31.2. The Balaban J connectivity index is 4.08. The minimum Gasteiger partial charge on any atom is -0.481 e. The average molecular weight is 270 g/mol. The van der Waals surface area contributed by atoms with Crippen molar-refractivity contribution in [1.82, 2.24) is 0 Å². The fraction of sp³-hybridized carbons (Fsp3) is 0.750. The first kappa shape index (κ1) is 16.1. The second kappa shape index (κ2) is 8.19. The molecule has 100 valence electrons. The molecule has 1 N–H and O–H groups in total. The zero-order valence-electron chi connectivity index (χ0n) is 9.58. The summed E-state index contributed by atoms with van der Waals surface area (Å²) in [5, 5.41) is 8.31. The molecule has 0 heterocycles. The third-order valence-corrected chi connectivity index (χ3v) is 2.74. The van der Waals surface area contributed by atoms with Crippen LogP contribution in [0.1, 0.15) is 26.7 Å². The van der Waals surface area contributed by atoms with Gasteiger partial charge in [0.2, 0.25) is 0 Å². The number of hydrogen-bond acceptors (Lipinski definition) is 7. The lowest BCUT2D eigenvalue weighted by Gasteiger charge is -2.13. The molecule has 0 aliphatic rings. The van der Waals surface area contributed by atoms with E-state index in [0.717, 1.165) is 0 Å². The third-order valence-electron chi connectivity index (χ3n) is 1.34. The molecule has 0 unspecified atom stereocenters. The fourth-order valence-electron chi connectivity index (χ4n) is 0.734. The standard InChI is InChI=1S/C8H15O8P/c1-3-13-17(12,14-4-2)16-15-8(11)6-5-7(9)10/h3-6H2,1-2H3,(H,9,10). The molecule has 0 atom stereocenters. The SMILES string of the molecule is CCOP(=O)(OCC)OOC(=O)CCC(=O)O. The number of carbonyl (C=O) groups is 2. The number of hydrogen-bond donors (Lipinski definition) is 1. The maximum Gasteiger partial charge on any atom is 0.511 e. The van der Waals surface area contributed by atoms with E-state index in [2.05, 4.69) is 18.6 Å². The summed E-state index contributed by atoms with van der Waals surface area (Å²) in [4.78, 5) is 25.3. The van der Waals surface area contributed by atoms with Crippen molar-refractivity contribution in [3.05, 3.63) is 0 Å². The summed E-state index contributed by atoms with van der Waals surface area (Å²) in [7, 11) is -3.91. The number of phosphoric ester groups is 1. The molecule has 0 aliphatic carbocycles. The van der Waals surface area contributed by atoms with E-state index in [1.54, 1.807) is 13.8 Å². The smallest absolute Gasteiger partial charge is 0.481 e. The van der Waals surface area contributed by atoms with Gasteiger partial charge in [-0.25, -0.2) is 9.36 Å². The second-order valence-electron chi connectivity index (χ2n) is 2.71. The number of aliphatic carboxylic acids is 1. The van der Waals surface area contributed by atoms with Crippen molar-refractivity contribution in [2.24, 2.45) is 0 Å². The Morgan fingerprint density at radius 3 is 2.06 bits per heavy atom. The van der Waals surface area contributed by atoms with Crippen LogP contribution in [-0.4, -0.2) is 30.3 Å². The predicted molar refractivity (Wildman–Crippen MR) is 54.9 cm³/mol. The minimum atomic E-state index is -3.91. The summed E-state index contributed by atoms with van der Waals surface area (Å²) in [6, 6.07) is 0. The van der Waals surface area contributed by atoms with Crippen molar-refractivity contribution in [3.63, 3.8) is 0 Å². The molecule has 17 heavy (non-hydrogen) atoms. The summed E-state index contributed by atoms with van der Waals surface area (Å²) >= 11 is 0. The third kappa shape index (κ3) is 7.87. The van der Waals surface area contributed by atoms with E-state index in [0.29, 0.717) is 0 Å². The highest BCUT2D eigenvalue weighted by Crippen LogP contribution is 2.49. The van der Waals surface area contributed by atoms with Gasteiger partial charge in [0.1, 0.15) is 0 Å². The molecule has 0 amide bonds. The van der Waals surface area contributed by atoms with Gasteiger partial charge in [-0.15, -0.1) is 0 Å². The van der Waals surface area contributed by atoms with Crippen LogP contribution in [0.2, 0.25) is 0 Å². The van der Waals surface area contributed by atoms with Crippen molar-refractivity contribution < 1.29 is 37.9 Å². The fourth-order valence-corrected chi connectivity index (χ4v) is 1.70. The lowest BCUT2D eigenvalue weighted by atomic mass is 10.3. The lowest BCUT2D eigenvalue weighted by Crippen LogP contribution is -2.09. The van der Waals surface area contributed by atoms with Gasteiger partial charge < -0.3 is 5.11 Å². The number of rotatable bonds is 9. The van der Waals surface area contributed by atoms with E-state index < -0.39 is 32.6 Å². The Bertz CT molecular complexity index is 292. The Hall–Kier alpha value is -0.950. The summed E-state index contributed by atoms with van der Waals surface area (Å²) in [5.41, 5.74) is 0. The monoisotopic (exact) mass is 270 g/mol. The van der Waals surface area contributed by atoms with Gasteiger partial charge in [-0.3, -0.25) is 18.7 Å². The number of carboxylic acids is 1. The van der Waals surface area contributed by atoms with Gasteiger partial charge in [-0.2, -0.15) is 0 Å². The molecule has 0 aromatic heterocycles. The molecule has 0 bridgehead atoms. The summed E-state index contributed by atoms with van der Waals surface area (Å²) in [5.74, 6) is -2.12. The number of carboxylic acid groups (broad SMARTS) is 1. The van der Waals surface area contributed by atoms with Crippen LogP contribution in [0.3, 0.4) is 0 Å². The van der Waals surface area contributed by atoms with E-state index in [-0.39, 0.29) is 13.2 Å². The molecule has 0 aromatic carbocycles. The zero-order valence-corrected chi connectivity index (χ0v) is 10.5. The number of phosphoric acid groups is 1. The second-order valence-corrected chi connectivity index (χ2v) is 4.27. The van der Waals surface area contributed by atoms with E-state index in [1.165, 1.54) is 0 Å². The molecule has 8 nitrogen and oxygen atoms in total. The highest BCUT2D eigenvalue weighted by molar-refractivity contribution is 7.48. The van der Waals surface area contributed by atoms with Gasteiger partial charge >= 0.3 is 19.8 Å². The Kier molecular flexibility index (Phi) is 7.73. The van der Waals surface area contributed by atoms with E-state index in [4.69, 9.17) is 5.11 Å². The van der Waals surface area contributed by atoms with Crippen LogP contribution in [0.15, 0.2) is 0 Å². The predicted octanol–water partition coefficient (Wildman–Crippen LogP) is 1.51. The molecule has 0 radical (unpaired) electrons. The molecule has 0 aromatic rings. The zero-order chi connectivity index (χ0) is 13.3. The van der Waals surface area contributed by atoms with Crippen molar-refractivity contribution in [3.8, 4) is 0 Å². The molecular formula is C8H15O8P.